The number of halogens is 1. The van der Waals surface area contributed by atoms with Crippen LogP contribution < -0.4 is 5.32 Å². The van der Waals surface area contributed by atoms with Gasteiger partial charge in [0.1, 0.15) is 0 Å². The first-order valence-corrected chi connectivity index (χ1v) is 6.97. The number of aromatic carboxylic acids is 1. The van der Waals surface area contributed by atoms with Gasteiger partial charge in [0.05, 0.1) is 18.4 Å². The first-order valence-electron chi connectivity index (χ1n) is 6.17. The van der Waals surface area contributed by atoms with Crippen LogP contribution in [-0.4, -0.2) is 40.0 Å². The third kappa shape index (κ3) is 3.69. The Labute approximate surface area is 138 Å². The van der Waals surface area contributed by atoms with Crippen molar-refractivity contribution in [1.82, 2.24) is 9.97 Å². The van der Waals surface area contributed by atoms with Gasteiger partial charge >= 0.3 is 11.9 Å². The van der Waals surface area contributed by atoms with Gasteiger partial charge in [-0.1, -0.05) is 15.9 Å². The van der Waals surface area contributed by atoms with Crippen LogP contribution in [0.25, 0.3) is 0 Å². The van der Waals surface area contributed by atoms with Crippen LogP contribution >= 0.6 is 15.9 Å². The van der Waals surface area contributed by atoms with Gasteiger partial charge in [-0.3, -0.25) is 4.79 Å². The predicted octanol–water partition coefficient (Wildman–Crippen LogP) is 1.98. The van der Waals surface area contributed by atoms with Crippen molar-refractivity contribution in [2.45, 2.75) is 0 Å². The molecule has 23 heavy (non-hydrogen) atoms. The summed E-state index contributed by atoms with van der Waals surface area (Å²) in [5.74, 6) is -2.84. The van der Waals surface area contributed by atoms with Crippen LogP contribution in [0.15, 0.2) is 35.1 Å². The highest BCUT2D eigenvalue weighted by molar-refractivity contribution is 9.10. The molecule has 1 heterocycles. The van der Waals surface area contributed by atoms with Crippen molar-refractivity contribution in [2.75, 3.05) is 12.4 Å². The number of amides is 1. The van der Waals surface area contributed by atoms with Crippen molar-refractivity contribution >= 4 is 39.5 Å². The number of ether oxygens (including phenoxy) is 1. The smallest absolute Gasteiger partial charge is 0.356 e. The summed E-state index contributed by atoms with van der Waals surface area (Å²) in [6, 6.07) is 4.55. The normalized spacial score (nSPS) is 10.0. The number of hydrogen-bond donors (Lipinski definition) is 2. The largest absolute Gasteiger partial charge is 0.476 e. The zero-order valence-electron chi connectivity index (χ0n) is 11.7. The average Bonchev–Trinajstić information content (AvgIpc) is 2.55. The average molecular weight is 380 g/mol. The Morgan fingerprint density at radius 2 is 1.83 bits per heavy atom. The van der Waals surface area contributed by atoms with Gasteiger partial charge in [-0.05, 0) is 18.2 Å². The summed E-state index contributed by atoms with van der Waals surface area (Å²) in [5.41, 5.74) is -0.580. The summed E-state index contributed by atoms with van der Waals surface area (Å²) in [6.07, 6.45) is 2.36. The molecule has 1 amide bonds. The standard InChI is InChI=1S/C14H10BrN3O5/c1-23-14(22)8-6-7(15)2-3-9(8)18-12(19)10-11(13(20)21)17-5-4-16-10/h2-6H,1H3,(H,18,19)(H,20,21). The van der Waals surface area contributed by atoms with Crippen LogP contribution in [0.5, 0.6) is 0 Å². The number of methoxy groups -OCH3 is 1. The summed E-state index contributed by atoms with van der Waals surface area (Å²) in [6.45, 7) is 0. The van der Waals surface area contributed by atoms with Crippen molar-refractivity contribution in [2.24, 2.45) is 0 Å². The third-order valence-electron chi connectivity index (χ3n) is 2.75. The van der Waals surface area contributed by atoms with E-state index in [1.54, 1.807) is 6.07 Å². The number of nitrogens with one attached hydrogen (secondary N) is 1. The van der Waals surface area contributed by atoms with Gasteiger partial charge in [0.15, 0.2) is 11.4 Å². The summed E-state index contributed by atoms with van der Waals surface area (Å²) in [5, 5.41) is 11.5. The second-order valence-corrected chi connectivity index (χ2v) is 5.11. The minimum absolute atomic E-state index is 0.107. The maximum Gasteiger partial charge on any atom is 0.356 e. The number of rotatable bonds is 4. The molecule has 0 spiro atoms. The molecule has 2 rings (SSSR count). The van der Waals surface area contributed by atoms with Crippen LogP contribution in [0.1, 0.15) is 31.3 Å². The molecule has 2 N–H and O–H groups in total. The van der Waals surface area contributed by atoms with Gasteiger partial charge in [-0.2, -0.15) is 0 Å². The molecule has 0 unspecified atom stereocenters. The predicted molar refractivity (Wildman–Crippen MR) is 82.4 cm³/mol. The lowest BCUT2D eigenvalue weighted by Gasteiger charge is -2.10. The van der Waals surface area contributed by atoms with E-state index in [9.17, 15) is 14.4 Å². The third-order valence-corrected chi connectivity index (χ3v) is 3.24. The fourth-order valence-electron chi connectivity index (χ4n) is 1.75. The van der Waals surface area contributed by atoms with Crippen molar-refractivity contribution in [3.63, 3.8) is 0 Å². The van der Waals surface area contributed by atoms with E-state index < -0.39 is 23.5 Å². The van der Waals surface area contributed by atoms with Gasteiger partial charge in [0, 0.05) is 16.9 Å². The Morgan fingerprint density at radius 3 is 2.43 bits per heavy atom. The van der Waals surface area contributed by atoms with Crippen LogP contribution in [0.3, 0.4) is 0 Å². The van der Waals surface area contributed by atoms with Crippen LogP contribution in [0.2, 0.25) is 0 Å². The molecule has 1 aromatic carbocycles. The molecule has 1 aromatic heterocycles. The van der Waals surface area contributed by atoms with Crippen molar-refractivity contribution in [3.05, 3.63) is 52.0 Å². The van der Waals surface area contributed by atoms with Crippen molar-refractivity contribution in [1.29, 1.82) is 0 Å². The lowest BCUT2D eigenvalue weighted by molar-refractivity contribution is 0.0600. The molecule has 8 nitrogen and oxygen atoms in total. The molecular formula is C14H10BrN3O5. The maximum atomic E-state index is 12.2. The molecule has 0 radical (unpaired) electrons. The van der Waals surface area contributed by atoms with Gasteiger partial charge in [0.25, 0.3) is 5.91 Å². The SMILES string of the molecule is COC(=O)c1cc(Br)ccc1NC(=O)c1nccnc1C(=O)O. The number of carboxylic acids is 1. The Hall–Kier alpha value is -2.81. The quantitative estimate of drug-likeness (QED) is 0.779. The van der Waals surface area contributed by atoms with E-state index in [-0.39, 0.29) is 16.9 Å². The second-order valence-electron chi connectivity index (χ2n) is 4.19. The molecule has 0 aliphatic carbocycles. The number of carbonyl (C=O) groups excluding carboxylic acids is 2. The molecule has 9 heteroatoms. The van der Waals surface area contributed by atoms with Crippen LogP contribution in [0, 0.1) is 0 Å². The number of carboxylic acid groups (broad SMARTS) is 1. The van der Waals surface area contributed by atoms with Crippen molar-refractivity contribution in [3.8, 4) is 0 Å². The molecule has 0 bridgehead atoms. The number of esters is 1. The highest BCUT2D eigenvalue weighted by Crippen LogP contribution is 2.22. The van der Waals surface area contributed by atoms with E-state index in [1.165, 1.54) is 31.6 Å². The first kappa shape index (κ1) is 16.6. The molecule has 118 valence electrons. The number of carbonyl (C=O) groups is 3. The van der Waals surface area contributed by atoms with E-state index in [0.717, 1.165) is 0 Å². The summed E-state index contributed by atoms with van der Waals surface area (Å²) in [7, 11) is 1.21. The van der Waals surface area contributed by atoms with Crippen LogP contribution in [0.4, 0.5) is 5.69 Å². The summed E-state index contributed by atoms with van der Waals surface area (Å²) >= 11 is 3.22. The lowest BCUT2D eigenvalue weighted by atomic mass is 10.1. The topological polar surface area (TPSA) is 118 Å². The number of anilines is 1. The number of hydrogen-bond acceptors (Lipinski definition) is 6. The molecule has 0 fully saturated rings. The Morgan fingerprint density at radius 1 is 1.17 bits per heavy atom. The van der Waals surface area contributed by atoms with E-state index in [0.29, 0.717) is 4.47 Å². The van der Waals surface area contributed by atoms with E-state index >= 15 is 0 Å². The highest BCUT2D eigenvalue weighted by Gasteiger charge is 2.21. The summed E-state index contributed by atoms with van der Waals surface area (Å²) in [4.78, 5) is 42.4. The Bertz CT molecular complexity index is 794. The minimum atomic E-state index is -1.38. The molecule has 0 atom stereocenters. The Kier molecular flexibility index (Phi) is 5.02. The van der Waals surface area contributed by atoms with Crippen molar-refractivity contribution < 1.29 is 24.2 Å². The number of aromatic nitrogens is 2. The maximum absolute atomic E-state index is 12.2. The monoisotopic (exact) mass is 379 g/mol. The van der Waals surface area contributed by atoms with Gasteiger partial charge in [-0.15, -0.1) is 0 Å². The number of benzene rings is 1. The molecule has 0 saturated carbocycles. The molecule has 0 saturated heterocycles. The van der Waals surface area contributed by atoms with E-state index in [2.05, 4.69) is 36.0 Å². The molecular weight excluding hydrogens is 370 g/mol. The fraction of sp³-hybridized carbons (Fsp3) is 0.0714. The van der Waals surface area contributed by atoms with E-state index in [4.69, 9.17) is 5.11 Å². The Balaban J connectivity index is 2.39. The van der Waals surface area contributed by atoms with Gasteiger partial charge in [-0.25, -0.2) is 19.6 Å². The van der Waals surface area contributed by atoms with Gasteiger partial charge < -0.3 is 15.2 Å². The lowest BCUT2D eigenvalue weighted by Crippen LogP contribution is -2.20. The van der Waals surface area contributed by atoms with Crippen LogP contribution in [-0.2, 0) is 4.74 Å². The fourth-order valence-corrected chi connectivity index (χ4v) is 2.11. The zero-order valence-corrected chi connectivity index (χ0v) is 13.3. The van der Waals surface area contributed by atoms with Gasteiger partial charge in [0.2, 0.25) is 0 Å². The highest BCUT2D eigenvalue weighted by atomic mass is 79.9. The molecule has 2 aromatic rings. The molecule has 0 aliphatic rings. The zero-order chi connectivity index (χ0) is 17.0. The second kappa shape index (κ2) is 6.97. The summed E-state index contributed by atoms with van der Waals surface area (Å²) < 4.78 is 5.26. The number of nitrogens with zero attached hydrogens (tertiary/aromatic N) is 2. The van der Waals surface area contributed by atoms with E-state index in [1.807, 2.05) is 0 Å². The first-order chi connectivity index (χ1) is 10.9. The minimum Gasteiger partial charge on any atom is -0.476 e. The molecule has 0 aliphatic heterocycles.